The zero-order valence-electron chi connectivity index (χ0n) is 6.85. The Hall–Kier alpha value is -0.140. The Kier molecular flexibility index (Phi) is 2.62. The minimum Gasteiger partial charge on any atom is -0.0608 e. The van der Waals surface area contributed by atoms with Crippen molar-refractivity contribution >= 4 is 21.7 Å². The van der Waals surface area contributed by atoms with E-state index in [1.165, 1.54) is 52.7 Å². The molecule has 1 aliphatic carbocycles. The molecule has 0 saturated heterocycles. The van der Waals surface area contributed by atoms with Crippen molar-refractivity contribution in [1.29, 1.82) is 0 Å². The van der Waals surface area contributed by atoms with Gasteiger partial charge in [0.25, 0.3) is 0 Å². The van der Waals surface area contributed by atoms with Gasteiger partial charge < -0.3 is 0 Å². The summed E-state index contributed by atoms with van der Waals surface area (Å²) >= 11 is 0. The van der Waals surface area contributed by atoms with Crippen LogP contribution in [0.1, 0.15) is 24.0 Å². The number of rotatable bonds is 1. The summed E-state index contributed by atoms with van der Waals surface area (Å²) in [5.74, 6) is 0. The SMILES string of the molecule is ClSc1cccc2c1CCCC2. The van der Waals surface area contributed by atoms with E-state index in [4.69, 9.17) is 10.7 Å². The van der Waals surface area contributed by atoms with Crippen molar-refractivity contribution in [3.63, 3.8) is 0 Å². The summed E-state index contributed by atoms with van der Waals surface area (Å²) in [6.45, 7) is 0. The highest BCUT2D eigenvalue weighted by Gasteiger charge is 2.11. The Morgan fingerprint density at radius 3 is 2.83 bits per heavy atom. The van der Waals surface area contributed by atoms with Crippen molar-refractivity contribution in [3.05, 3.63) is 29.3 Å². The summed E-state index contributed by atoms with van der Waals surface area (Å²) in [6, 6.07) is 6.45. The average molecular weight is 199 g/mol. The molecule has 0 N–H and O–H groups in total. The van der Waals surface area contributed by atoms with Crippen molar-refractivity contribution in [3.8, 4) is 0 Å². The van der Waals surface area contributed by atoms with Gasteiger partial charge in [-0.25, -0.2) is 0 Å². The molecule has 0 atom stereocenters. The van der Waals surface area contributed by atoms with E-state index in [1.807, 2.05) is 0 Å². The second-order valence-electron chi connectivity index (χ2n) is 3.18. The summed E-state index contributed by atoms with van der Waals surface area (Å²) in [5.41, 5.74) is 3.00. The normalized spacial score (nSPS) is 15.8. The minimum atomic E-state index is 1.21. The molecule has 0 saturated carbocycles. The molecule has 0 heterocycles. The fraction of sp³-hybridized carbons (Fsp3) is 0.400. The van der Waals surface area contributed by atoms with Crippen molar-refractivity contribution in [2.24, 2.45) is 0 Å². The topological polar surface area (TPSA) is 0 Å². The van der Waals surface area contributed by atoms with Gasteiger partial charge in [-0.3, -0.25) is 0 Å². The van der Waals surface area contributed by atoms with Crippen LogP contribution in [0.4, 0.5) is 0 Å². The quantitative estimate of drug-likeness (QED) is 0.662. The molecule has 1 aromatic carbocycles. The van der Waals surface area contributed by atoms with E-state index in [9.17, 15) is 0 Å². The van der Waals surface area contributed by atoms with Gasteiger partial charge in [-0.1, -0.05) is 12.1 Å². The van der Waals surface area contributed by atoms with Crippen LogP contribution in [0.2, 0.25) is 0 Å². The van der Waals surface area contributed by atoms with Crippen molar-refractivity contribution < 1.29 is 0 Å². The first-order valence-electron chi connectivity index (χ1n) is 4.31. The molecule has 0 spiro atoms. The Balaban J connectivity index is 2.44. The molecule has 0 bridgehead atoms. The zero-order valence-corrected chi connectivity index (χ0v) is 8.42. The highest BCUT2D eigenvalue weighted by molar-refractivity contribution is 8.21. The maximum atomic E-state index is 5.78. The predicted molar refractivity (Wildman–Crippen MR) is 54.8 cm³/mol. The average Bonchev–Trinajstić information content (AvgIpc) is 2.17. The molecule has 0 nitrogen and oxygen atoms in total. The lowest BCUT2D eigenvalue weighted by molar-refractivity contribution is 0.676. The van der Waals surface area contributed by atoms with E-state index in [0.717, 1.165) is 0 Å². The third-order valence-electron chi connectivity index (χ3n) is 2.44. The number of hydrogen-bond acceptors (Lipinski definition) is 1. The van der Waals surface area contributed by atoms with Gasteiger partial charge in [-0.15, -0.1) is 0 Å². The second-order valence-corrected chi connectivity index (χ2v) is 4.24. The van der Waals surface area contributed by atoms with E-state index in [0.29, 0.717) is 0 Å². The highest BCUT2D eigenvalue weighted by Crippen LogP contribution is 2.32. The number of fused-ring (bicyclic) bond motifs is 1. The number of aryl methyl sites for hydroxylation is 1. The summed E-state index contributed by atoms with van der Waals surface area (Å²) in [4.78, 5) is 1.26. The summed E-state index contributed by atoms with van der Waals surface area (Å²) in [7, 11) is 7.14. The van der Waals surface area contributed by atoms with Crippen LogP contribution in [0.25, 0.3) is 0 Å². The van der Waals surface area contributed by atoms with Gasteiger partial charge in [0.2, 0.25) is 0 Å². The van der Waals surface area contributed by atoms with Crippen LogP contribution in [0.5, 0.6) is 0 Å². The molecule has 0 aliphatic heterocycles. The van der Waals surface area contributed by atoms with Gasteiger partial charge in [0.15, 0.2) is 0 Å². The van der Waals surface area contributed by atoms with E-state index < -0.39 is 0 Å². The Morgan fingerprint density at radius 1 is 1.17 bits per heavy atom. The first kappa shape index (κ1) is 8.46. The lowest BCUT2D eigenvalue weighted by Gasteiger charge is -2.17. The van der Waals surface area contributed by atoms with Crippen molar-refractivity contribution in [2.75, 3.05) is 0 Å². The molecule has 64 valence electrons. The maximum absolute atomic E-state index is 5.78. The summed E-state index contributed by atoms with van der Waals surface area (Å²) in [6.07, 6.45) is 5.11. The van der Waals surface area contributed by atoms with Crippen LogP contribution in [-0.4, -0.2) is 0 Å². The molecule has 0 aromatic heterocycles. The first-order chi connectivity index (χ1) is 5.92. The van der Waals surface area contributed by atoms with Crippen LogP contribution < -0.4 is 0 Å². The van der Waals surface area contributed by atoms with Crippen molar-refractivity contribution in [2.45, 2.75) is 30.6 Å². The first-order valence-corrected chi connectivity index (χ1v) is 5.95. The number of benzene rings is 1. The Morgan fingerprint density at radius 2 is 2.00 bits per heavy atom. The van der Waals surface area contributed by atoms with E-state index >= 15 is 0 Å². The fourth-order valence-electron chi connectivity index (χ4n) is 1.82. The molecule has 0 fully saturated rings. The molecule has 2 heteroatoms. The standard InChI is InChI=1S/C10H11ClS/c11-12-10-7-3-5-8-4-1-2-6-9(8)10/h3,5,7H,1-2,4,6H2. The highest BCUT2D eigenvalue weighted by atomic mass is 35.7. The van der Waals surface area contributed by atoms with E-state index in [-0.39, 0.29) is 0 Å². The molecular weight excluding hydrogens is 188 g/mol. The van der Waals surface area contributed by atoms with E-state index in [1.54, 1.807) is 0 Å². The smallest absolute Gasteiger partial charge is 0.0268 e. The summed E-state index contributed by atoms with van der Waals surface area (Å²) in [5, 5.41) is 0. The van der Waals surface area contributed by atoms with Gasteiger partial charge in [0.1, 0.15) is 0 Å². The third-order valence-corrected chi connectivity index (χ3v) is 3.48. The monoisotopic (exact) mass is 198 g/mol. The largest absolute Gasteiger partial charge is 0.0608 e. The van der Waals surface area contributed by atoms with Gasteiger partial charge >= 0.3 is 0 Å². The predicted octanol–water partition coefficient (Wildman–Crippen LogP) is 3.81. The van der Waals surface area contributed by atoms with Crippen LogP contribution in [0.15, 0.2) is 23.1 Å². The Labute approximate surface area is 81.8 Å². The lowest BCUT2D eigenvalue weighted by atomic mass is 9.92. The van der Waals surface area contributed by atoms with E-state index in [2.05, 4.69) is 18.2 Å². The molecule has 0 radical (unpaired) electrons. The van der Waals surface area contributed by atoms with Crippen LogP contribution >= 0.6 is 21.7 Å². The van der Waals surface area contributed by atoms with Crippen LogP contribution in [-0.2, 0) is 12.8 Å². The van der Waals surface area contributed by atoms with Gasteiger partial charge in [-0.2, -0.15) is 0 Å². The zero-order chi connectivity index (χ0) is 8.39. The number of hydrogen-bond donors (Lipinski definition) is 0. The molecule has 1 aromatic rings. The molecule has 0 unspecified atom stereocenters. The molecule has 12 heavy (non-hydrogen) atoms. The van der Waals surface area contributed by atoms with Crippen molar-refractivity contribution in [1.82, 2.24) is 0 Å². The Bertz CT molecular complexity index is 269. The second kappa shape index (κ2) is 3.71. The molecule has 1 aliphatic rings. The molecule has 2 rings (SSSR count). The maximum Gasteiger partial charge on any atom is 0.0268 e. The van der Waals surface area contributed by atoms with Gasteiger partial charge in [-0.05, 0) is 64.5 Å². The van der Waals surface area contributed by atoms with Gasteiger partial charge in [0.05, 0.1) is 0 Å². The van der Waals surface area contributed by atoms with Crippen LogP contribution in [0, 0.1) is 0 Å². The number of halogens is 1. The third kappa shape index (κ3) is 1.48. The summed E-state index contributed by atoms with van der Waals surface area (Å²) < 4.78 is 0. The lowest BCUT2D eigenvalue weighted by Crippen LogP contribution is -2.03. The minimum absolute atomic E-state index is 1.21. The van der Waals surface area contributed by atoms with Crippen LogP contribution in [0.3, 0.4) is 0 Å². The van der Waals surface area contributed by atoms with Gasteiger partial charge in [0, 0.05) is 4.90 Å². The molecule has 0 amide bonds. The fourth-order valence-corrected chi connectivity index (χ4v) is 2.71. The molecular formula is C10H11ClS.